The summed E-state index contributed by atoms with van der Waals surface area (Å²) in [7, 11) is -1.67. The second-order valence-corrected chi connectivity index (χ2v) is 10.7. The molecule has 1 saturated carbocycles. The molecule has 4 rings (SSSR count). The van der Waals surface area contributed by atoms with E-state index in [0.717, 1.165) is 43.4 Å². The van der Waals surface area contributed by atoms with Crippen LogP contribution in [-0.2, 0) is 22.9 Å². The van der Waals surface area contributed by atoms with Crippen molar-refractivity contribution in [3.8, 4) is 5.75 Å². The fourth-order valence-electron chi connectivity index (χ4n) is 4.96. The number of nitrogens with two attached hydrogens (primary N) is 1. The molecule has 2 aromatic carbocycles. The first-order valence-electron chi connectivity index (χ1n) is 11.0. The number of sulfonamides is 1. The van der Waals surface area contributed by atoms with Crippen LogP contribution in [0, 0.1) is 17.7 Å². The SMILES string of the molecule is CNCC1Cc2cc(F)c(OCCC(C3CC3)S(N)(=O)=O)cc2C1Cc1ccccc1. The fraction of sp³-hybridized carbons (Fsp3) is 0.500. The molecule has 0 bridgehead atoms. The van der Waals surface area contributed by atoms with Gasteiger partial charge in [0.05, 0.1) is 11.9 Å². The highest BCUT2D eigenvalue weighted by atomic mass is 32.2. The van der Waals surface area contributed by atoms with Crippen LogP contribution in [-0.4, -0.2) is 33.9 Å². The zero-order chi connectivity index (χ0) is 22.0. The molecular weight excluding hydrogens is 415 g/mol. The Morgan fingerprint density at radius 3 is 2.61 bits per heavy atom. The van der Waals surface area contributed by atoms with Crippen LogP contribution in [0.25, 0.3) is 0 Å². The molecule has 3 atom stereocenters. The van der Waals surface area contributed by atoms with Crippen molar-refractivity contribution in [3.05, 3.63) is 65.0 Å². The molecule has 0 radical (unpaired) electrons. The molecule has 1 fully saturated rings. The van der Waals surface area contributed by atoms with Crippen LogP contribution in [0.1, 0.15) is 41.9 Å². The van der Waals surface area contributed by atoms with E-state index in [0.29, 0.717) is 5.92 Å². The quantitative estimate of drug-likeness (QED) is 0.586. The van der Waals surface area contributed by atoms with Crippen molar-refractivity contribution in [2.24, 2.45) is 17.0 Å². The van der Waals surface area contributed by atoms with Crippen LogP contribution >= 0.6 is 0 Å². The van der Waals surface area contributed by atoms with Crippen LogP contribution in [0.5, 0.6) is 5.75 Å². The van der Waals surface area contributed by atoms with Gasteiger partial charge in [-0.05, 0) is 92.3 Å². The first-order valence-corrected chi connectivity index (χ1v) is 12.6. The maximum Gasteiger partial charge on any atom is 0.212 e. The average molecular weight is 447 g/mol. The Bertz CT molecular complexity index is 1010. The molecular formula is C24H31FN2O3S. The molecule has 2 aromatic rings. The number of halogens is 1. The van der Waals surface area contributed by atoms with Crippen LogP contribution in [0.4, 0.5) is 4.39 Å². The summed E-state index contributed by atoms with van der Waals surface area (Å²) in [6, 6.07) is 13.8. The topological polar surface area (TPSA) is 81.4 Å². The molecule has 2 aliphatic carbocycles. The minimum atomic E-state index is -3.61. The van der Waals surface area contributed by atoms with Gasteiger partial charge in [0.25, 0.3) is 0 Å². The van der Waals surface area contributed by atoms with Crippen LogP contribution in [0.2, 0.25) is 0 Å². The third-order valence-electron chi connectivity index (χ3n) is 6.64. The third-order valence-corrected chi connectivity index (χ3v) is 8.10. The van der Waals surface area contributed by atoms with E-state index in [2.05, 4.69) is 17.4 Å². The fourth-order valence-corrected chi connectivity index (χ4v) is 6.20. The molecule has 7 heteroatoms. The zero-order valence-corrected chi connectivity index (χ0v) is 18.7. The van der Waals surface area contributed by atoms with Crippen molar-refractivity contribution < 1.29 is 17.5 Å². The van der Waals surface area contributed by atoms with Gasteiger partial charge in [0.15, 0.2) is 11.6 Å². The minimum Gasteiger partial charge on any atom is -0.490 e. The van der Waals surface area contributed by atoms with E-state index in [9.17, 15) is 12.8 Å². The maximum absolute atomic E-state index is 14.8. The standard InChI is InChI=1S/C24H31FN2O3S/c1-27-15-19-12-18-13-22(25)23(30-10-9-24(17-7-8-17)31(26,28)29)14-21(18)20(19)11-16-5-3-2-4-6-16/h2-6,13-14,17,19-20,24,27H,7-12,15H2,1H3,(H2,26,28,29). The predicted molar refractivity (Wildman–Crippen MR) is 120 cm³/mol. The van der Waals surface area contributed by atoms with Crippen molar-refractivity contribution in [1.82, 2.24) is 5.32 Å². The van der Waals surface area contributed by atoms with E-state index in [1.807, 2.05) is 31.3 Å². The van der Waals surface area contributed by atoms with E-state index in [1.165, 1.54) is 5.56 Å². The monoisotopic (exact) mass is 446 g/mol. The number of nitrogens with one attached hydrogen (secondary N) is 1. The predicted octanol–water partition coefficient (Wildman–Crippen LogP) is 3.38. The van der Waals surface area contributed by atoms with E-state index in [-0.39, 0.29) is 36.4 Å². The summed E-state index contributed by atoms with van der Waals surface area (Å²) in [5, 5.41) is 8.05. The molecule has 3 N–H and O–H groups in total. The Kier molecular flexibility index (Phi) is 6.65. The van der Waals surface area contributed by atoms with Gasteiger partial charge in [0, 0.05) is 0 Å². The molecule has 0 amide bonds. The Morgan fingerprint density at radius 2 is 1.97 bits per heavy atom. The highest BCUT2D eigenvalue weighted by molar-refractivity contribution is 7.89. The summed E-state index contributed by atoms with van der Waals surface area (Å²) in [6.45, 7) is 0.998. The summed E-state index contributed by atoms with van der Waals surface area (Å²) in [5.41, 5.74) is 3.42. The molecule has 0 saturated heterocycles. The van der Waals surface area contributed by atoms with E-state index in [1.54, 1.807) is 6.07 Å². The van der Waals surface area contributed by atoms with E-state index >= 15 is 0 Å². The van der Waals surface area contributed by atoms with E-state index in [4.69, 9.17) is 9.88 Å². The number of rotatable bonds is 10. The summed E-state index contributed by atoms with van der Waals surface area (Å²) in [6.07, 6.45) is 3.76. The van der Waals surface area contributed by atoms with Gasteiger partial charge >= 0.3 is 0 Å². The Hall–Kier alpha value is -1.96. The summed E-state index contributed by atoms with van der Waals surface area (Å²) >= 11 is 0. The van der Waals surface area contributed by atoms with Crippen molar-refractivity contribution in [2.75, 3.05) is 20.2 Å². The largest absolute Gasteiger partial charge is 0.490 e. The smallest absolute Gasteiger partial charge is 0.212 e. The molecule has 0 spiro atoms. The number of benzene rings is 2. The van der Waals surface area contributed by atoms with Crippen LogP contribution in [0.15, 0.2) is 42.5 Å². The lowest BCUT2D eigenvalue weighted by atomic mass is 9.86. The van der Waals surface area contributed by atoms with Crippen LogP contribution < -0.4 is 15.2 Å². The van der Waals surface area contributed by atoms with Gasteiger partial charge in [-0.15, -0.1) is 0 Å². The molecule has 2 aliphatic rings. The van der Waals surface area contributed by atoms with Gasteiger partial charge in [-0.1, -0.05) is 30.3 Å². The molecule has 5 nitrogen and oxygen atoms in total. The molecule has 0 aromatic heterocycles. The zero-order valence-electron chi connectivity index (χ0n) is 17.9. The van der Waals surface area contributed by atoms with E-state index < -0.39 is 15.3 Å². The summed E-state index contributed by atoms with van der Waals surface area (Å²) in [5.74, 6) is 0.584. The molecule has 31 heavy (non-hydrogen) atoms. The number of hydrogen-bond donors (Lipinski definition) is 2. The molecule has 168 valence electrons. The second-order valence-electron chi connectivity index (χ2n) is 8.90. The molecule has 0 heterocycles. The lowest BCUT2D eigenvalue weighted by Crippen LogP contribution is -2.31. The second kappa shape index (κ2) is 9.27. The van der Waals surface area contributed by atoms with Crippen molar-refractivity contribution in [3.63, 3.8) is 0 Å². The Morgan fingerprint density at radius 1 is 1.23 bits per heavy atom. The number of hydrogen-bond acceptors (Lipinski definition) is 4. The first-order chi connectivity index (χ1) is 14.9. The number of fused-ring (bicyclic) bond motifs is 1. The number of primary sulfonamides is 1. The highest BCUT2D eigenvalue weighted by Crippen LogP contribution is 2.43. The number of ether oxygens (including phenoxy) is 1. The molecule has 3 unspecified atom stereocenters. The van der Waals surface area contributed by atoms with Crippen molar-refractivity contribution in [1.29, 1.82) is 0 Å². The lowest BCUT2D eigenvalue weighted by molar-refractivity contribution is 0.289. The van der Waals surface area contributed by atoms with Gasteiger partial charge in [0.2, 0.25) is 10.0 Å². The van der Waals surface area contributed by atoms with Gasteiger partial charge < -0.3 is 10.1 Å². The normalized spacial score (nSPS) is 21.6. The molecule has 0 aliphatic heterocycles. The highest BCUT2D eigenvalue weighted by Gasteiger charge is 2.38. The van der Waals surface area contributed by atoms with Crippen molar-refractivity contribution in [2.45, 2.75) is 43.3 Å². The Balaban J connectivity index is 1.51. The van der Waals surface area contributed by atoms with Gasteiger partial charge in [-0.3, -0.25) is 0 Å². The average Bonchev–Trinajstić information content (AvgIpc) is 3.50. The summed E-state index contributed by atoms with van der Waals surface area (Å²) in [4.78, 5) is 0. The Labute approximate surface area is 184 Å². The maximum atomic E-state index is 14.8. The summed E-state index contributed by atoms with van der Waals surface area (Å²) < 4.78 is 44.2. The van der Waals surface area contributed by atoms with Gasteiger partial charge in [0.1, 0.15) is 0 Å². The van der Waals surface area contributed by atoms with Crippen molar-refractivity contribution >= 4 is 10.0 Å². The minimum absolute atomic E-state index is 0.112. The third kappa shape index (κ3) is 5.27. The van der Waals surface area contributed by atoms with Crippen LogP contribution in [0.3, 0.4) is 0 Å². The van der Waals surface area contributed by atoms with Gasteiger partial charge in [-0.25, -0.2) is 17.9 Å². The van der Waals surface area contributed by atoms with Gasteiger partial charge in [-0.2, -0.15) is 0 Å². The first kappa shape index (κ1) is 22.2. The lowest BCUT2D eigenvalue weighted by Gasteiger charge is -2.21.